The standard InChI is InChI=1S/C13H28N2O2/c1-3-5-7-16-11-12-9-15(14)10-13(12)17-8-6-4-2/h12-13H,3-11,14H2,1-2H3/t12-,13?/m1/s1. The summed E-state index contributed by atoms with van der Waals surface area (Å²) in [4.78, 5) is 0. The first-order chi connectivity index (χ1) is 8.27. The molecule has 0 aliphatic carbocycles. The Hall–Kier alpha value is -0.160. The average Bonchev–Trinajstić information content (AvgIpc) is 2.66. The third-order valence-corrected chi connectivity index (χ3v) is 3.21. The highest BCUT2D eigenvalue weighted by Gasteiger charge is 2.31. The molecule has 102 valence electrons. The molecule has 1 fully saturated rings. The van der Waals surface area contributed by atoms with Gasteiger partial charge in [-0.1, -0.05) is 26.7 Å². The maximum Gasteiger partial charge on any atom is 0.0778 e. The minimum absolute atomic E-state index is 0.258. The number of rotatable bonds is 9. The smallest absolute Gasteiger partial charge is 0.0778 e. The molecule has 2 atom stereocenters. The van der Waals surface area contributed by atoms with E-state index in [9.17, 15) is 0 Å². The van der Waals surface area contributed by atoms with Gasteiger partial charge in [-0.3, -0.25) is 5.84 Å². The van der Waals surface area contributed by atoms with Crippen molar-refractivity contribution in [2.24, 2.45) is 11.8 Å². The lowest BCUT2D eigenvalue weighted by Crippen LogP contribution is -2.29. The van der Waals surface area contributed by atoms with Gasteiger partial charge in [0.2, 0.25) is 0 Å². The van der Waals surface area contributed by atoms with Crippen molar-refractivity contribution in [3.63, 3.8) is 0 Å². The van der Waals surface area contributed by atoms with Crippen molar-refractivity contribution in [3.05, 3.63) is 0 Å². The van der Waals surface area contributed by atoms with Gasteiger partial charge in [0.25, 0.3) is 0 Å². The second-order valence-corrected chi connectivity index (χ2v) is 4.91. The zero-order valence-electron chi connectivity index (χ0n) is 11.4. The maximum atomic E-state index is 5.88. The van der Waals surface area contributed by atoms with Crippen molar-refractivity contribution >= 4 is 0 Å². The largest absolute Gasteiger partial charge is 0.381 e. The summed E-state index contributed by atoms with van der Waals surface area (Å²) in [5, 5.41) is 1.85. The number of unbranched alkanes of at least 4 members (excludes halogenated alkanes) is 2. The van der Waals surface area contributed by atoms with Crippen LogP contribution in [0.1, 0.15) is 39.5 Å². The number of hydrogen-bond acceptors (Lipinski definition) is 4. The van der Waals surface area contributed by atoms with E-state index in [2.05, 4.69) is 13.8 Å². The molecule has 2 N–H and O–H groups in total. The number of hydrazine groups is 1. The molecule has 17 heavy (non-hydrogen) atoms. The topological polar surface area (TPSA) is 47.7 Å². The van der Waals surface area contributed by atoms with Gasteiger partial charge in [-0.05, 0) is 12.8 Å². The van der Waals surface area contributed by atoms with Crippen LogP contribution in [0.25, 0.3) is 0 Å². The lowest BCUT2D eigenvalue weighted by molar-refractivity contribution is -0.000133. The van der Waals surface area contributed by atoms with Crippen LogP contribution < -0.4 is 5.84 Å². The van der Waals surface area contributed by atoms with Crippen molar-refractivity contribution in [1.82, 2.24) is 5.01 Å². The summed E-state index contributed by atoms with van der Waals surface area (Å²) in [6, 6.07) is 0. The molecule has 0 bridgehead atoms. The number of ether oxygens (including phenoxy) is 2. The molecule has 0 saturated carbocycles. The van der Waals surface area contributed by atoms with Crippen LogP contribution in [0.5, 0.6) is 0 Å². The molecule has 4 nitrogen and oxygen atoms in total. The van der Waals surface area contributed by atoms with Crippen LogP contribution in [0.2, 0.25) is 0 Å². The Morgan fingerprint density at radius 3 is 2.53 bits per heavy atom. The molecule has 0 spiro atoms. The van der Waals surface area contributed by atoms with Gasteiger partial charge in [0.05, 0.1) is 12.7 Å². The lowest BCUT2D eigenvalue weighted by Gasteiger charge is -2.18. The van der Waals surface area contributed by atoms with E-state index in [1.165, 1.54) is 12.8 Å². The van der Waals surface area contributed by atoms with Crippen LogP contribution in [-0.2, 0) is 9.47 Å². The van der Waals surface area contributed by atoms with E-state index in [0.29, 0.717) is 5.92 Å². The molecule has 0 aromatic heterocycles. The Bertz CT molecular complexity index is 190. The van der Waals surface area contributed by atoms with Crippen LogP contribution in [0.15, 0.2) is 0 Å². The predicted octanol–water partition coefficient (Wildman–Crippen LogP) is 1.79. The molecule has 0 radical (unpaired) electrons. The molecule has 1 unspecified atom stereocenters. The summed E-state index contributed by atoms with van der Waals surface area (Å²) in [5.41, 5.74) is 0. The summed E-state index contributed by atoms with van der Waals surface area (Å²) in [7, 11) is 0. The zero-order valence-corrected chi connectivity index (χ0v) is 11.4. The van der Waals surface area contributed by atoms with E-state index in [1.54, 1.807) is 0 Å². The Labute approximate surface area is 105 Å². The highest BCUT2D eigenvalue weighted by molar-refractivity contribution is 4.82. The van der Waals surface area contributed by atoms with Gasteiger partial charge in [0.15, 0.2) is 0 Å². The van der Waals surface area contributed by atoms with E-state index in [0.717, 1.165) is 45.8 Å². The van der Waals surface area contributed by atoms with Crippen molar-refractivity contribution in [2.75, 3.05) is 32.9 Å². The number of nitrogens with zero attached hydrogens (tertiary/aromatic N) is 1. The Balaban J connectivity index is 2.19. The van der Waals surface area contributed by atoms with Crippen LogP contribution in [-0.4, -0.2) is 44.0 Å². The molecule has 4 heteroatoms. The van der Waals surface area contributed by atoms with E-state index in [4.69, 9.17) is 15.3 Å². The van der Waals surface area contributed by atoms with E-state index >= 15 is 0 Å². The lowest BCUT2D eigenvalue weighted by atomic mass is 10.1. The van der Waals surface area contributed by atoms with Gasteiger partial charge in [-0.25, -0.2) is 5.01 Å². The first-order valence-electron chi connectivity index (χ1n) is 6.96. The van der Waals surface area contributed by atoms with Gasteiger partial charge >= 0.3 is 0 Å². The van der Waals surface area contributed by atoms with Gasteiger partial charge in [-0.15, -0.1) is 0 Å². The van der Waals surface area contributed by atoms with Crippen LogP contribution in [0.4, 0.5) is 0 Å². The molecule has 0 amide bonds. The first kappa shape index (κ1) is 14.9. The zero-order chi connectivity index (χ0) is 12.5. The Morgan fingerprint density at radius 2 is 1.82 bits per heavy atom. The van der Waals surface area contributed by atoms with Crippen LogP contribution >= 0.6 is 0 Å². The molecule has 1 heterocycles. The summed E-state index contributed by atoms with van der Waals surface area (Å²) in [6.45, 7) is 8.58. The second-order valence-electron chi connectivity index (χ2n) is 4.91. The fraction of sp³-hybridized carbons (Fsp3) is 1.00. The third-order valence-electron chi connectivity index (χ3n) is 3.21. The van der Waals surface area contributed by atoms with Gasteiger partial charge < -0.3 is 9.47 Å². The maximum absolute atomic E-state index is 5.88. The number of hydrogen-bond donors (Lipinski definition) is 1. The highest BCUT2D eigenvalue weighted by Crippen LogP contribution is 2.18. The molecular weight excluding hydrogens is 216 g/mol. The minimum atomic E-state index is 0.258. The average molecular weight is 244 g/mol. The van der Waals surface area contributed by atoms with Crippen LogP contribution in [0, 0.1) is 5.92 Å². The highest BCUT2D eigenvalue weighted by atomic mass is 16.5. The normalized spacial score (nSPS) is 25.6. The monoisotopic (exact) mass is 244 g/mol. The summed E-state index contributed by atoms with van der Waals surface area (Å²) >= 11 is 0. The van der Waals surface area contributed by atoms with E-state index in [1.807, 2.05) is 5.01 Å². The molecule has 1 rings (SSSR count). The summed E-state index contributed by atoms with van der Waals surface area (Å²) in [6.07, 6.45) is 4.89. The van der Waals surface area contributed by atoms with Crippen molar-refractivity contribution in [1.29, 1.82) is 0 Å². The predicted molar refractivity (Wildman–Crippen MR) is 69.6 cm³/mol. The van der Waals surface area contributed by atoms with Crippen molar-refractivity contribution in [2.45, 2.75) is 45.6 Å². The molecule has 1 aliphatic heterocycles. The van der Waals surface area contributed by atoms with Crippen molar-refractivity contribution in [3.8, 4) is 0 Å². The molecule has 0 aromatic carbocycles. The van der Waals surface area contributed by atoms with Gasteiger partial charge in [0, 0.05) is 32.2 Å². The fourth-order valence-corrected chi connectivity index (χ4v) is 2.08. The summed E-state index contributed by atoms with van der Waals surface area (Å²) < 4.78 is 11.6. The minimum Gasteiger partial charge on any atom is -0.381 e. The Kier molecular flexibility index (Phi) is 7.77. The van der Waals surface area contributed by atoms with E-state index in [-0.39, 0.29) is 6.10 Å². The summed E-state index contributed by atoms with van der Waals surface area (Å²) in [5.74, 6) is 6.29. The molecule has 1 aliphatic rings. The van der Waals surface area contributed by atoms with Crippen LogP contribution in [0.3, 0.4) is 0 Å². The van der Waals surface area contributed by atoms with Crippen molar-refractivity contribution < 1.29 is 9.47 Å². The first-order valence-corrected chi connectivity index (χ1v) is 6.96. The van der Waals surface area contributed by atoms with Gasteiger partial charge in [-0.2, -0.15) is 0 Å². The quantitative estimate of drug-likeness (QED) is 0.496. The van der Waals surface area contributed by atoms with Gasteiger partial charge in [0.1, 0.15) is 0 Å². The fourth-order valence-electron chi connectivity index (χ4n) is 2.08. The third kappa shape index (κ3) is 5.82. The SMILES string of the molecule is CCCCOC[C@H]1CN(N)CC1OCCCC. The van der Waals surface area contributed by atoms with E-state index < -0.39 is 0 Å². The molecular formula is C13H28N2O2. The molecule has 0 aromatic rings. The number of nitrogens with two attached hydrogens (primary N) is 1. The second kappa shape index (κ2) is 8.86. The Morgan fingerprint density at radius 1 is 1.12 bits per heavy atom. The molecule has 1 saturated heterocycles.